The molecule has 1 N–H and O–H groups in total. The minimum atomic E-state index is -0.469. The van der Waals surface area contributed by atoms with Gasteiger partial charge in [-0.15, -0.1) is 5.10 Å². The summed E-state index contributed by atoms with van der Waals surface area (Å²) in [5.41, 5.74) is 2.79. The second kappa shape index (κ2) is 6.76. The minimum absolute atomic E-state index is 0.275. The lowest BCUT2D eigenvalue weighted by Crippen LogP contribution is -2.36. The Kier molecular flexibility index (Phi) is 3.89. The van der Waals surface area contributed by atoms with Gasteiger partial charge in [0.15, 0.2) is 0 Å². The summed E-state index contributed by atoms with van der Waals surface area (Å²) in [5, 5.41) is 8.73. The molecule has 2 aromatic carbocycles. The molecule has 4 heterocycles. The summed E-state index contributed by atoms with van der Waals surface area (Å²) in [6, 6.07) is 12.0. The van der Waals surface area contributed by atoms with Crippen molar-refractivity contribution in [3.05, 3.63) is 83.6 Å². The first-order chi connectivity index (χ1) is 15.2. The van der Waals surface area contributed by atoms with E-state index in [1.54, 1.807) is 36.7 Å². The van der Waals surface area contributed by atoms with Gasteiger partial charge in [0, 0.05) is 24.2 Å². The third kappa shape index (κ3) is 2.89. The van der Waals surface area contributed by atoms with Crippen LogP contribution in [0.25, 0.3) is 22.4 Å². The second-order valence-corrected chi connectivity index (χ2v) is 7.31. The highest BCUT2D eigenvalue weighted by Crippen LogP contribution is 2.39. The first kappa shape index (κ1) is 17.8. The Bertz CT molecular complexity index is 1390. The van der Waals surface area contributed by atoms with Crippen molar-refractivity contribution in [3.8, 4) is 11.5 Å². The predicted molar refractivity (Wildman–Crippen MR) is 107 cm³/mol. The molecule has 0 saturated heterocycles. The molecule has 154 valence electrons. The van der Waals surface area contributed by atoms with Gasteiger partial charge in [-0.05, 0) is 42.5 Å². The fourth-order valence-electron chi connectivity index (χ4n) is 3.99. The summed E-state index contributed by atoms with van der Waals surface area (Å²) < 4.78 is 39.4. The number of nitrogens with one attached hydrogen (secondary N) is 1. The van der Waals surface area contributed by atoms with Crippen LogP contribution in [-0.2, 0) is 6.42 Å². The molecule has 3 aromatic heterocycles. The first-order valence-electron chi connectivity index (χ1n) is 9.73. The molecule has 5 aromatic rings. The van der Waals surface area contributed by atoms with E-state index in [-0.39, 0.29) is 23.5 Å². The topological polar surface area (TPSA) is 84.0 Å². The molecule has 9 heteroatoms. The summed E-state index contributed by atoms with van der Waals surface area (Å²) in [4.78, 5) is 9.52. The number of halogens is 2. The number of furan rings is 1. The largest absolute Gasteiger partial charge is 0.458 e. The Hall–Kier alpha value is -4.01. The van der Waals surface area contributed by atoms with Gasteiger partial charge in [-0.1, -0.05) is 11.2 Å². The van der Waals surface area contributed by atoms with Crippen LogP contribution in [0.5, 0.6) is 0 Å². The Balaban J connectivity index is 1.44. The van der Waals surface area contributed by atoms with Gasteiger partial charge in [0.05, 0.1) is 17.4 Å². The van der Waals surface area contributed by atoms with Gasteiger partial charge in [0.25, 0.3) is 0 Å². The van der Waals surface area contributed by atoms with Crippen molar-refractivity contribution in [3.63, 3.8) is 0 Å². The number of nitrogens with zero attached hydrogens (tertiary/aromatic N) is 4. The highest BCUT2D eigenvalue weighted by atomic mass is 19.1. The zero-order valence-corrected chi connectivity index (χ0v) is 16.0. The molecule has 0 fully saturated rings. The number of benzene rings is 2. The van der Waals surface area contributed by atoms with Gasteiger partial charge in [0.2, 0.25) is 5.89 Å². The molecule has 7 nitrogen and oxygen atoms in total. The maximum absolute atomic E-state index is 14.3. The zero-order chi connectivity index (χ0) is 20.9. The summed E-state index contributed by atoms with van der Waals surface area (Å²) in [5.74, 6) is 0.100. The molecule has 0 aliphatic carbocycles. The number of hydrogen-bond donors (Lipinski definition) is 1. The van der Waals surface area contributed by atoms with Crippen molar-refractivity contribution in [2.45, 2.75) is 12.5 Å². The van der Waals surface area contributed by atoms with Gasteiger partial charge in [-0.3, -0.25) is 0 Å². The first-order valence-corrected chi connectivity index (χ1v) is 9.73. The SMILES string of the molecule is Fc1ccc(-c2nnc(N3CCc4[nH]cnc4[C@@H]3c3cc4c(F)cccc4o3)o2)cc1. The van der Waals surface area contributed by atoms with Crippen LogP contribution in [0.2, 0.25) is 0 Å². The molecule has 0 unspecified atom stereocenters. The van der Waals surface area contributed by atoms with Crippen molar-refractivity contribution in [2.24, 2.45) is 0 Å². The van der Waals surface area contributed by atoms with Crippen molar-refractivity contribution < 1.29 is 17.6 Å². The van der Waals surface area contributed by atoms with Crippen LogP contribution in [0.15, 0.2) is 63.7 Å². The highest BCUT2D eigenvalue weighted by Gasteiger charge is 2.36. The molecule has 0 bridgehead atoms. The molecular weight excluding hydrogens is 404 g/mol. The monoisotopic (exact) mass is 419 g/mol. The van der Waals surface area contributed by atoms with Gasteiger partial charge in [-0.2, -0.15) is 0 Å². The van der Waals surface area contributed by atoms with Crippen LogP contribution in [0.1, 0.15) is 23.2 Å². The smallest absolute Gasteiger partial charge is 0.319 e. The Morgan fingerprint density at radius 2 is 1.90 bits per heavy atom. The molecule has 6 rings (SSSR count). The van der Waals surface area contributed by atoms with Crippen LogP contribution in [0, 0.1) is 11.6 Å². The summed E-state index contributed by atoms with van der Waals surface area (Å²) in [7, 11) is 0. The molecule has 1 aliphatic rings. The van der Waals surface area contributed by atoms with Crippen LogP contribution >= 0.6 is 0 Å². The lowest BCUT2D eigenvalue weighted by molar-refractivity contribution is 0.453. The van der Waals surface area contributed by atoms with E-state index in [0.717, 1.165) is 11.4 Å². The van der Waals surface area contributed by atoms with Crippen LogP contribution in [0.3, 0.4) is 0 Å². The zero-order valence-electron chi connectivity index (χ0n) is 16.0. The van der Waals surface area contributed by atoms with Crippen molar-refractivity contribution in [2.75, 3.05) is 11.4 Å². The van der Waals surface area contributed by atoms with E-state index in [2.05, 4.69) is 20.2 Å². The van der Waals surface area contributed by atoms with Crippen molar-refractivity contribution in [1.82, 2.24) is 20.2 Å². The molecule has 31 heavy (non-hydrogen) atoms. The van der Waals surface area contributed by atoms with Gasteiger partial charge in [-0.25, -0.2) is 13.8 Å². The van der Waals surface area contributed by atoms with E-state index in [9.17, 15) is 8.78 Å². The molecule has 0 amide bonds. The number of anilines is 1. The van der Waals surface area contributed by atoms with E-state index in [4.69, 9.17) is 8.83 Å². The maximum atomic E-state index is 14.3. The summed E-state index contributed by atoms with van der Waals surface area (Å²) in [6.07, 6.45) is 2.32. The van der Waals surface area contributed by atoms with E-state index < -0.39 is 6.04 Å². The molecule has 0 radical (unpaired) electrons. The van der Waals surface area contributed by atoms with Crippen LogP contribution in [0.4, 0.5) is 14.8 Å². The van der Waals surface area contributed by atoms with E-state index in [1.165, 1.54) is 18.2 Å². The molecule has 0 saturated carbocycles. The van der Waals surface area contributed by atoms with E-state index in [0.29, 0.717) is 35.3 Å². The predicted octanol–water partition coefficient (Wildman–Crippen LogP) is 4.64. The number of imidazole rings is 1. The normalized spacial score (nSPS) is 16.1. The highest BCUT2D eigenvalue weighted by molar-refractivity contribution is 5.79. The lowest BCUT2D eigenvalue weighted by atomic mass is 10.0. The van der Waals surface area contributed by atoms with Crippen LogP contribution < -0.4 is 4.90 Å². The third-order valence-electron chi connectivity index (χ3n) is 5.47. The van der Waals surface area contributed by atoms with Crippen LogP contribution in [-0.4, -0.2) is 26.7 Å². The standard InChI is InChI=1S/C22H15F2N5O2/c23-13-6-4-12(5-7-13)21-27-28-22(31-21)29-9-8-16-19(26-11-25-16)20(29)18-10-14-15(24)2-1-3-17(14)30-18/h1-7,10-11,20H,8-9H2,(H,25,26)/t20-/m0/s1. The Morgan fingerprint density at radius 1 is 1.03 bits per heavy atom. The van der Waals surface area contributed by atoms with E-state index in [1.807, 2.05) is 4.90 Å². The summed E-state index contributed by atoms with van der Waals surface area (Å²) in [6.45, 7) is 0.560. The molecule has 1 aliphatic heterocycles. The lowest BCUT2D eigenvalue weighted by Gasteiger charge is -2.32. The van der Waals surface area contributed by atoms with Crippen molar-refractivity contribution >= 4 is 17.0 Å². The number of H-pyrrole nitrogens is 1. The maximum Gasteiger partial charge on any atom is 0.319 e. The molecule has 1 atom stereocenters. The van der Waals surface area contributed by atoms with Gasteiger partial charge >= 0.3 is 6.01 Å². The fourth-order valence-corrected chi connectivity index (χ4v) is 3.99. The minimum Gasteiger partial charge on any atom is -0.458 e. The van der Waals surface area contributed by atoms with E-state index >= 15 is 0 Å². The average molecular weight is 419 g/mol. The Labute approximate surface area is 174 Å². The quantitative estimate of drug-likeness (QED) is 0.459. The number of aromatic nitrogens is 4. The van der Waals surface area contributed by atoms with Gasteiger partial charge < -0.3 is 18.7 Å². The molecule has 0 spiro atoms. The average Bonchev–Trinajstić information content (AvgIpc) is 3.52. The number of hydrogen-bond acceptors (Lipinski definition) is 6. The number of fused-ring (bicyclic) bond motifs is 2. The summed E-state index contributed by atoms with van der Waals surface area (Å²) >= 11 is 0. The van der Waals surface area contributed by atoms with Crippen molar-refractivity contribution in [1.29, 1.82) is 0 Å². The second-order valence-electron chi connectivity index (χ2n) is 7.31. The molecular formula is C22H15F2N5O2. The number of aromatic amines is 1. The van der Waals surface area contributed by atoms with Gasteiger partial charge in [0.1, 0.15) is 29.0 Å². The number of rotatable bonds is 3. The fraction of sp³-hybridized carbons (Fsp3) is 0.136. The Morgan fingerprint density at radius 3 is 2.74 bits per heavy atom. The third-order valence-corrected chi connectivity index (χ3v) is 5.47.